The van der Waals surface area contributed by atoms with Crippen LogP contribution < -0.4 is 0 Å². The van der Waals surface area contributed by atoms with Crippen LogP contribution in [0.25, 0.3) is 0 Å². The molecule has 0 fully saturated rings. The van der Waals surface area contributed by atoms with E-state index in [1.54, 1.807) is 5.41 Å². The maximum atomic E-state index is 11.7. The zero-order valence-electron chi connectivity index (χ0n) is 8.95. The van der Waals surface area contributed by atoms with Gasteiger partial charge in [0.05, 0.1) is 0 Å². The lowest BCUT2D eigenvalue weighted by Gasteiger charge is -2.31. The SMILES string of the molecule is O=C(O)CN1C(=O)C=CSC1c1ccccc1. The number of carboxylic acids is 1. The monoisotopic (exact) mass is 249 g/mol. The maximum absolute atomic E-state index is 11.7. The molecule has 0 aromatic heterocycles. The topological polar surface area (TPSA) is 57.6 Å². The van der Waals surface area contributed by atoms with Crippen molar-refractivity contribution in [2.75, 3.05) is 6.54 Å². The summed E-state index contributed by atoms with van der Waals surface area (Å²) in [6.07, 6.45) is 1.40. The van der Waals surface area contributed by atoms with Gasteiger partial charge in [-0.05, 0) is 11.0 Å². The summed E-state index contributed by atoms with van der Waals surface area (Å²) in [7, 11) is 0. The molecule has 0 radical (unpaired) electrons. The van der Waals surface area contributed by atoms with Gasteiger partial charge in [-0.2, -0.15) is 0 Å². The minimum absolute atomic E-state index is 0.259. The zero-order chi connectivity index (χ0) is 12.3. The second-order valence-corrected chi connectivity index (χ2v) is 4.55. The Morgan fingerprint density at radius 1 is 1.35 bits per heavy atom. The third-order valence-electron chi connectivity index (χ3n) is 2.37. The fourth-order valence-corrected chi connectivity index (χ4v) is 2.62. The molecule has 0 aliphatic carbocycles. The van der Waals surface area contributed by atoms with Crippen LogP contribution in [0.15, 0.2) is 41.8 Å². The first-order valence-electron chi connectivity index (χ1n) is 5.08. The van der Waals surface area contributed by atoms with Crippen LogP contribution in [0, 0.1) is 0 Å². The van der Waals surface area contributed by atoms with Crippen LogP contribution >= 0.6 is 11.8 Å². The van der Waals surface area contributed by atoms with Gasteiger partial charge in [0.15, 0.2) is 0 Å². The van der Waals surface area contributed by atoms with Gasteiger partial charge in [0.2, 0.25) is 5.91 Å². The van der Waals surface area contributed by atoms with Crippen molar-refractivity contribution in [3.63, 3.8) is 0 Å². The molecule has 1 atom stereocenters. The highest BCUT2D eigenvalue weighted by atomic mass is 32.2. The lowest BCUT2D eigenvalue weighted by molar-refractivity contribution is -0.143. The molecular formula is C12H11NO3S. The summed E-state index contributed by atoms with van der Waals surface area (Å²) in [6, 6.07) is 9.41. The Bertz CT molecular complexity index is 458. The number of hydrogen-bond donors (Lipinski definition) is 1. The Hall–Kier alpha value is -1.75. The third kappa shape index (κ3) is 2.68. The normalized spacial score (nSPS) is 19.4. The van der Waals surface area contributed by atoms with Crippen molar-refractivity contribution in [2.45, 2.75) is 5.37 Å². The van der Waals surface area contributed by atoms with Gasteiger partial charge < -0.3 is 10.0 Å². The number of thioether (sulfide) groups is 1. The number of nitrogens with zero attached hydrogens (tertiary/aromatic N) is 1. The molecule has 1 aliphatic rings. The van der Waals surface area contributed by atoms with E-state index in [1.165, 1.54) is 22.7 Å². The van der Waals surface area contributed by atoms with Crippen LogP contribution in [0.4, 0.5) is 0 Å². The summed E-state index contributed by atoms with van der Waals surface area (Å²) in [5.41, 5.74) is 0.927. The smallest absolute Gasteiger partial charge is 0.323 e. The van der Waals surface area contributed by atoms with E-state index in [2.05, 4.69) is 0 Å². The van der Waals surface area contributed by atoms with E-state index in [9.17, 15) is 9.59 Å². The number of hydrogen-bond acceptors (Lipinski definition) is 3. The summed E-state index contributed by atoms with van der Waals surface area (Å²) in [5.74, 6) is -1.27. The molecule has 0 bridgehead atoms. The van der Waals surface area contributed by atoms with Crippen LogP contribution in [0.1, 0.15) is 10.9 Å². The van der Waals surface area contributed by atoms with Gasteiger partial charge in [-0.1, -0.05) is 30.3 Å². The molecule has 1 aromatic rings. The van der Waals surface area contributed by atoms with Gasteiger partial charge in [0.1, 0.15) is 11.9 Å². The summed E-state index contributed by atoms with van der Waals surface area (Å²) in [5, 5.41) is 10.3. The Labute approximate surface area is 103 Å². The molecule has 0 saturated heterocycles. The number of aliphatic carboxylic acids is 1. The van der Waals surface area contributed by atoms with Gasteiger partial charge in [-0.25, -0.2) is 0 Å². The van der Waals surface area contributed by atoms with E-state index in [-0.39, 0.29) is 17.8 Å². The Balaban J connectivity index is 2.28. The molecule has 1 heterocycles. The van der Waals surface area contributed by atoms with E-state index < -0.39 is 5.97 Å². The van der Waals surface area contributed by atoms with Crippen molar-refractivity contribution in [1.29, 1.82) is 0 Å². The molecule has 0 saturated carbocycles. The molecule has 1 unspecified atom stereocenters. The van der Waals surface area contributed by atoms with E-state index in [0.717, 1.165) is 5.56 Å². The first-order valence-corrected chi connectivity index (χ1v) is 6.02. The molecule has 0 spiro atoms. The molecule has 88 valence electrons. The zero-order valence-corrected chi connectivity index (χ0v) is 9.76. The van der Waals surface area contributed by atoms with Crippen LogP contribution in [-0.2, 0) is 9.59 Å². The molecule has 1 amide bonds. The molecule has 4 nitrogen and oxygen atoms in total. The highest BCUT2D eigenvalue weighted by Crippen LogP contribution is 2.36. The largest absolute Gasteiger partial charge is 0.480 e. The number of carbonyl (C=O) groups is 2. The maximum Gasteiger partial charge on any atom is 0.323 e. The Morgan fingerprint density at radius 2 is 2.06 bits per heavy atom. The molecule has 1 N–H and O–H groups in total. The predicted octanol–water partition coefficient (Wildman–Crippen LogP) is 1.86. The quantitative estimate of drug-likeness (QED) is 0.888. The van der Waals surface area contributed by atoms with Gasteiger partial charge in [0.25, 0.3) is 0 Å². The second-order valence-electron chi connectivity index (χ2n) is 3.56. The summed E-state index contributed by atoms with van der Waals surface area (Å²) >= 11 is 1.43. The minimum atomic E-state index is -1.00. The predicted molar refractivity (Wildman–Crippen MR) is 65.3 cm³/mol. The second kappa shape index (κ2) is 5.05. The average molecular weight is 249 g/mol. The van der Waals surface area contributed by atoms with Crippen molar-refractivity contribution < 1.29 is 14.7 Å². The van der Waals surface area contributed by atoms with E-state index >= 15 is 0 Å². The van der Waals surface area contributed by atoms with Crippen LogP contribution in [0.2, 0.25) is 0 Å². The fraction of sp³-hybridized carbons (Fsp3) is 0.167. The van der Waals surface area contributed by atoms with Crippen LogP contribution in [0.5, 0.6) is 0 Å². The van der Waals surface area contributed by atoms with Gasteiger partial charge in [-0.3, -0.25) is 9.59 Å². The fourth-order valence-electron chi connectivity index (χ4n) is 1.64. The summed E-state index contributed by atoms with van der Waals surface area (Å²) in [4.78, 5) is 23.8. The summed E-state index contributed by atoms with van der Waals surface area (Å²) in [6.45, 7) is -0.282. The molecule has 1 aliphatic heterocycles. The van der Waals surface area contributed by atoms with Crippen LogP contribution in [0.3, 0.4) is 0 Å². The third-order valence-corrected chi connectivity index (χ3v) is 3.45. The summed E-state index contributed by atoms with van der Waals surface area (Å²) < 4.78 is 0. The van der Waals surface area contributed by atoms with Crippen molar-refractivity contribution in [3.05, 3.63) is 47.4 Å². The highest BCUT2D eigenvalue weighted by molar-refractivity contribution is 8.02. The van der Waals surface area contributed by atoms with Crippen molar-refractivity contribution >= 4 is 23.6 Å². The van der Waals surface area contributed by atoms with E-state index in [4.69, 9.17) is 5.11 Å². The molecular weight excluding hydrogens is 238 g/mol. The van der Waals surface area contributed by atoms with Crippen LogP contribution in [-0.4, -0.2) is 28.4 Å². The minimum Gasteiger partial charge on any atom is -0.480 e. The number of benzene rings is 1. The van der Waals surface area contributed by atoms with Gasteiger partial charge in [0, 0.05) is 6.08 Å². The Kier molecular flexibility index (Phi) is 3.49. The first-order chi connectivity index (χ1) is 8.18. The number of amides is 1. The van der Waals surface area contributed by atoms with Gasteiger partial charge in [-0.15, -0.1) is 11.8 Å². The number of rotatable bonds is 3. The van der Waals surface area contributed by atoms with Crippen molar-refractivity contribution in [2.24, 2.45) is 0 Å². The van der Waals surface area contributed by atoms with E-state index in [1.807, 2.05) is 30.3 Å². The lowest BCUT2D eigenvalue weighted by Crippen LogP contribution is -2.37. The molecule has 2 rings (SSSR count). The van der Waals surface area contributed by atoms with Gasteiger partial charge >= 0.3 is 5.97 Å². The standard InChI is InChI=1S/C12H11NO3S/c14-10-6-7-17-12(13(10)8-11(15)16)9-4-2-1-3-5-9/h1-7,12H,8H2,(H,15,16). The van der Waals surface area contributed by atoms with Crippen molar-refractivity contribution in [1.82, 2.24) is 4.90 Å². The first kappa shape index (κ1) is 11.7. The molecule has 1 aromatic carbocycles. The molecule has 5 heteroatoms. The number of carboxylic acid groups (broad SMARTS) is 1. The Morgan fingerprint density at radius 3 is 2.71 bits per heavy atom. The van der Waals surface area contributed by atoms with Crippen molar-refractivity contribution in [3.8, 4) is 0 Å². The molecule has 17 heavy (non-hydrogen) atoms. The highest BCUT2D eigenvalue weighted by Gasteiger charge is 2.28. The average Bonchev–Trinajstić information content (AvgIpc) is 2.32. The van der Waals surface area contributed by atoms with E-state index in [0.29, 0.717) is 0 Å². The lowest BCUT2D eigenvalue weighted by atomic mass is 10.2. The number of carbonyl (C=O) groups excluding carboxylic acids is 1.